The van der Waals surface area contributed by atoms with Crippen LogP contribution in [-0.2, 0) is 19.5 Å². The molecule has 0 aromatic heterocycles. The molecule has 35 heavy (non-hydrogen) atoms. The zero-order valence-electron chi connectivity index (χ0n) is 24.6. The van der Waals surface area contributed by atoms with Crippen molar-refractivity contribution >= 4 is 16.6 Å². The van der Waals surface area contributed by atoms with Gasteiger partial charge >= 0.3 is 19.5 Å². The summed E-state index contributed by atoms with van der Waals surface area (Å²) in [6, 6.07) is 21.9. The predicted molar refractivity (Wildman–Crippen MR) is 154 cm³/mol. The number of rotatable bonds is 10. The Morgan fingerprint density at radius 3 is 0.829 bits per heavy atom. The molecule has 0 saturated carbocycles. The van der Waals surface area contributed by atoms with E-state index in [0.29, 0.717) is 33.2 Å². The van der Waals surface area contributed by atoms with Crippen molar-refractivity contribution < 1.29 is 28.3 Å². The van der Waals surface area contributed by atoms with E-state index in [1.807, 2.05) is 48.5 Å². The van der Waals surface area contributed by atoms with E-state index in [0.717, 1.165) is 11.5 Å². The van der Waals surface area contributed by atoms with Crippen LogP contribution < -0.4 is 8.85 Å². The van der Waals surface area contributed by atoms with E-state index in [2.05, 4.69) is 95.2 Å². The first kappa shape index (κ1) is 34.1. The molecule has 0 amide bonds. The van der Waals surface area contributed by atoms with Gasteiger partial charge in [-0.25, -0.2) is 0 Å². The summed E-state index contributed by atoms with van der Waals surface area (Å²) in [5.41, 5.74) is 3.70. The molecule has 0 fully saturated rings. The molecule has 0 aliphatic rings. The van der Waals surface area contributed by atoms with Gasteiger partial charge < -0.3 is 8.85 Å². The summed E-state index contributed by atoms with van der Waals surface area (Å²) in [6.07, 6.45) is 0. The third-order valence-electron chi connectivity index (χ3n) is 7.38. The monoisotopic (exact) mass is 562 g/mol. The van der Waals surface area contributed by atoms with Crippen LogP contribution in [0.3, 0.4) is 0 Å². The van der Waals surface area contributed by atoms with Gasteiger partial charge in [-0.05, 0) is 44.7 Å². The zero-order chi connectivity index (χ0) is 26.1. The third kappa shape index (κ3) is 8.57. The summed E-state index contributed by atoms with van der Waals surface area (Å²) in [4.78, 5) is 0. The molecular formula is C30H50O2Si2Zn. The second kappa shape index (κ2) is 15.4. The van der Waals surface area contributed by atoms with Crippen LogP contribution in [0.2, 0.25) is 33.2 Å². The van der Waals surface area contributed by atoms with Crippen molar-refractivity contribution in [2.45, 2.75) is 116 Å². The smallest absolute Gasteiger partial charge is 0.563 e. The fourth-order valence-corrected chi connectivity index (χ4v) is 16.5. The Hall–Kier alpha value is -0.903. The summed E-state index contributed by atoms with van der Waals surface area (Å²) >= 11 is 0. The van der Waals surface area contributed by atoms with Gasteiger partial charge in [-0.3, -0.25) is 0 Å². The first-order valence-corrected chi connectivity index (χ1v) is 17.4. The Morgan fingerprint density at radius 2 is 0.657 bits per heavy atom. The topological polar surface area (TPSA) is 18.5 Å². The van der Waals surface area contributed by atoms with Gasteiger partial charge in [0.15, 0.2) is 0 Å². The summed E-state index contributed by atoms with van der Waals surface area (Å²) in [7, 11) is -3.56. The Bertz CT molecular complexity index is 693. The van der Waals surface area contributed by atoms with Gasteiger partial charge in [-0.1, -0.05) is 83.1 Å². The van der Waals surface area contributed by atoms with E-state index in [1.165, 1.54) is 0 Å². The maximum Gasteiger partial charge on any atom is 2.00 e. The van der Waals surface area contributed by atoms with Crippen LogP contribution in [0, 0.1) is 12.1 Å². The molecule has 0 saturated heterocycles. The standard InChI is InChI=1S/2C15H25OSi.Zn/c2*1-12(2)17(13(3)4,14(5)6)16-15-10-8-7-9-11-15;/h2*8-14H,1-6H3;/q2*-1;+2. The first-order valence-electron chi connectivity index (χ1n) is 13.1. The van der Waals surface area contributed by atoms with Gasteiger partial charge in [-0.2, -0.15) is 36.4 Å². The van der Waals surface area contributed by atoms with Crippen LogP contribution in [0.4, 0.5) is 0 Å². The largest absolute Gasteiger partial charge is 2.00 e. The van der Waals surface area contributed by atoms with E-state index in [1.54, 1.807) is 0 Å². The van der Waals surface area contributed by atoms with Crippen LogP contribution >= 0.6 is 0 Å². The maximum absolute atomic E-state index is 6.51. The Balaban J connectivity index is 0.000000642. The minimum atomic E-state index is -1.78. The van der Waals surface area contributed by atoms with Crippen molar-refractivity contribution in [3.8, 4) is 11.5 Å². The van der Waals surface area contributed by atoms with E-state index < -0.39 is 16.6 Å². The summed E-state index contributed by atoms with van der Waals surface area (Å²) in [5, 5.41) is 0. The van der Waals surface area contributed by atoms with Gasteiger partial charge in [0.25, 0.3) is 16.6 Å². The van der Waals surface area contributed by atoms with Crippen LogP contribution in [0.15, 0.2) is 48.5 Å². The molecule has 0 aliphatic heterocycles. The molecule has 2 rings (SSSR count). The van der Waals surface area contributed by atoms with Crippen molar-refractivity contribution in [2.24, 2.45) is 0 Å². The second-order valence-electron chi connectivity index (χ2n) is 11.3. The quantitative estimate of drug-likeness (QED) is 0.211. The molecule has 0 bridgehead atoms. The molecule has 0 atom stereocenters. The average Bonchev–Trinajstić information content (AvgIpc) is 2.76. The van der Waals surface area contributed by atoms with E-state index in [4.69, 9.17) is 8.85 Å². The molecule has 0 unspecified atom stereocenters. The van der Waals surface area contributed by atoms with Crippen LogP contribution in [-0.4, -0.2) is 16.6 Å². The molecule has 2 nitrogen and oxygen atoms in total. The van der Waals surface area contributed by atoms with Gasteiger partial charge in [0.05, 0.1) is 0 Å². The van der Waals surface area contributed by atoms with Crippen molar-refractivity contribution in [3.05, 3.63) is 60.7 Å². The van der Waals surface area contributed by atoms with E-state index in [9.17, 15) is 0 Å². The van der Waals surface area contributed by atoms with Crippen molar-refractivity contribution in [2.75, 3.05) is 0 Å². The number of benzene rings is 2. The van der Waals surface area contributed by atoms with Gasteiger partial charge in [0.1, 0.15) is 0 Å². The molecule has 0 heterocycles. The Labute approximate surface area is 232 Å². The van der Waals surface area contributed by atoms with Gasteiger partial charge in [0.2, 0.25) is 0 Å². The maximum atomic E-state index is 6.51. The summed E-state index contributed by atoms with van der Waals surface area (Å²) < 4.78 is 13.0. The minimum absolute atomic E-state index is 0. The molecule has 192 valence electrons. The predicted octanol–water partition coefficient (Wildman–Crippen LogP) is 10.1. The molecule has 0 aliphatic carbocycles. The third-order valence-corrected chi connectivity index (χ3v) is 19.4. The average molecular weight is 564 g/mol. The Kier molecular flexibility index (Phi) is 15.0. The second-order valence-corrected chi connectivity index (χ2v) is 22.1. The SMILES string of the molecule is CC(C)[Si](Oc1cc[c-]cc1)(C(C)C)C(C)C.CC(C)[Si](Oc1cc[c-]cc1)(C(C)C)C(C)C.[Zn+2]. The first-order chi connectivity index (χ1) is 15.8. The van der Waals surface area contributed by atoms with Crippen molar-refractivity contribution in [1.82, 2.24) is 0 Å². The van der Waals surface area contributed by atoms with Gasteiger partial charge in [0, 0.05) is 0 Å². The van der Waals surface area contributed by atoms with Gasteiger partial charge in [-0.15, -0.1) is 24.3 Å². The number of hydrogen-bond acceptors (Lipinski definition) is 2. The fourth-order valence-electron chi connectivity index (χ4n) is 5.99. The fraction of sp³-hybridized carbons (Fsp3) is 0.600. The molecule has 2 aromatic carbocycles. The normalized spacial score (nSPS) is 12.2. The molecule has 0 spiro atoms. The minimum Gasteiger partial charge on any atom is -0.563 e. The van der Waals surface area contributed by atoms with E-state index >= 15 is 0 Å². The van der Waals surface area contributed by atoms with E-state index in [-0.39, 0.29) is 19.5 Å². The molecule has 0 N–H and O–H groups in total. The van der Waals surface area contributed by atoms with Crippen molar-refractivity contribution in [3.63, 3.8) is 0 Å². The summed E-state index contributed by atoms with van der Waals surface area (Å²) in [5.74, 6) is 2.01. The molecular weight excluding hydrogens is 514 g/mol. The molecule has 5 heteroatoms. The van der Waals surface area contributed by atoms with Crippen LogP contribution in [0.1, 0.15) is 83.1 Å². The number of hydrogen-bond donors (Lipinski definition) is 0. The molecule has 0 radical (unpaired) electrons. The van der Waals surface area contributed by atoms with Crippen LogP contribution in [0.5, 0.6) is 11.5 Å². The summed E-state index contributed by atoms with van der Waals surface area (Å²) in [6.45, 7) is 27.7. The van der Waals surface area contributed by atoms with Crippen LogP contribution in [0.25, 0.3) is 0 Å². The van der Waals surface area contributed by atoms with Crippen molar-refractivity contribution in [1.29, 1.82) is 0 Å². The Morgan fingerprint density at radius 1 is 0.457 bits per heavy atom. The molecule has 2 aromatic rings. The zero-order valence-corrected chi connectivity index (χ0v) is 29.6.